The van der Waals surface area contributed by atoms with Crippen LogP contribution in [-0.2, 0) is 13.2 Å². The van der Waals surface area contributed by atoms with Crippen LogP contribution in [-0.4, -0.2) is 32.8 Å². The fourth-order valence-corrected chi connectivity index (χ4v) is 4.88. The molecule has 1 amide bonds. The van der Waals surface area contributed by atoms with Crippen LogP contribution in [0.1, 0.15) is 71.8 Å². The van der Waals surface area contributed by atoms with E-state index in [-0.39, 0.29) is 18.0 Å². The zero-order valence-corrected chi connectivity index (χ0v) is 19.2. The molecule has 2 aliphatic carbocycles. The number of carbonyl (C=O) groups excluding carboxylic acids is 1. The zero-order valence-electron chi connectivity index (χ0n) is 19.2. The number of halogens is 3. The number of hydrogen-bond donors (Lipinski definition) is 2. The summed E-state index contributed by atoms with van der Waals surface area (Å²) in [5, 5.41) is 11.6. The van der Waals surface area contributed by atoms with Crippen molar-refractivity contribution in [2.75, 3.05) is 5.32 Å². The van der Waals surface area contributed by atoms with Crippen LogP contribution in [0.4, 0.5) is 18.9 Å². The van der Waals surface area contributed by atoms with E-state index in [1.807, 2.05) is 20.0 Å². The number of anilines is 1. The molecule has 6 nitrogen and oxygen atoms in total. The molecule has 2 N–H and O–H groups in total. The van der Waals surface area contributed by atoms with Crippen molar-refractivity contribution < 1.29 is 18.0 Å². The third-order valence-corrected chi connectivity index (χ3v) is 6.69. The van der Waals surface area contributed by atoms with E-state index in [2.05, 4.69) is 20.7 Å². The van der Waals surface area contributed by atoms with Gasteiger partial charge in [0.05, 0.1) is 16.8 Å². The van der Waals surface area contributed by atoms with Gasteiger partial charge in [-0.15, -0.1) is 0 Å². The Bertz CT molecular complexity index is 1230. The number of aromatic nitrogens is 3. The summed E-state index contributed by atoms with van der Waals surface area (Å²) in [6.07, 6.45) is 2.54. The van der Waals surface area contributed by atoms with Crippen molar-refractivity contribution in [1.29, 1.82) is 0 Å². The van der Waals surface area contributed by atoms with Gasteiger partial charge in [0.15, 0.2) is 0 Å². The molecule has 180 valence electrons. The maximum atomic E-state index is 13.5. The summed E-state index contributed by atoms with van der Waals surface area (Å²) in [5.74, 6) is 0.249. The Labute approximate surface area is 195 Å². The molecule has 2 heterocycles. The maximum absolute atomic E-state index is 13.5. The molecule has 0 bridgehead atoms. The quantitative estimate of drug-likeness (QED) is 0.528. The normalized spacial score (nSPS) is 21.0. The number of carbonyl (C=O) groups is 1. The predicted molar refractivity (Wildman–Crippen MR) is 124 cm³/mol. The van der Waals surface area contributed by atoms with Crippen LogP contribution >= 0.6 is 0 Å². The first-order chi connectivity index (χ1) is 16.2. The Hall–Kier alpha value is -3.10. The summed E-state index contributed by atoms with van der Waals surface area (Å²) in [5.41, 5.74) is 2.29. The lowest BCUT2D eigenvalue weighted by Gasteiger charge is -2.31. The number of pyridine rings is 1. The smallest absolute Gasteiger partial charge is 0.382 e. The lowest BCUT2D eigenvalue weighted by molar-refractivity contribution is -0.140. The van der Waals surface area contributed by atoms with Crippen LogP contribution in [0.15, 0.2) is 30.5 Å². The number of hydrogen-bond acceptors (Lipinski definition) is 4. The monoisotopic (exact) mass is 471 g/mol. The number of alkyl halides is 3. The van der Waals surface area contributed by atoms with E-state index in [0.29, 0.717) is 34.5 Å². The Balaban J connectivity index is 1.34. The Morgan fingerprint density at radius 1 is 1.12 bits per heavy atom. The molecule has 2 atom stereocenters. The number of fused-ring (bicyclic) bond motifs is 1. The fourth-order valence-electron chi connectivity index (χ4n) is 4.88. The standard InChI is InChI=1S/C25H28F3N5O/c1-14-6-9-20-18(10-14)21(12-22(31-20)25(26,27)28)29-16-4-3-5-17(11-16)30-24(34)19-13-33(2)32-23(19)15-7-8-15/h6,9-10,12-13,15-17H,3-5,7-8,11H2,1-2H3,(H,29,31)(H,30,34)/t16-,17+/m0/s1. The largest absolute Gasteiger partial charge is 0.433 e. The lowest BCUT2D eigenvalue weighted by atomic mass is 9.90. The molecule has 34 heavy (non-hydrogen) atoms. The average molecular weight is 472 g/mol. The molecule has 2 aliphatic rings. The molecular formula is C25H28F3N5O. The van der Waals surface area contributed by atoms with Crippen molar-refractivity contribution in [2.24, 2.45) is 7.05 Å². The minimum absolute atomic E-state index is 0.0527. The zero-order chi connectivity index (χ0) is 24.0. The molecule has 2 fully saturated rings. The van der Waals surface area contributed by atoms with Crippen LogP contribution in [0.3, 0.4) is 0 Å². The summed E-state index contributed by atoms with van der Waals surface area (Å²) < 4.78 is 42.1. The van der Waals surface area contributed by atoms with Gasteiger partial charge in [0, 0.05) is 42.3 Å². The van der Waals surface area contributed by atoms with Gasteiger partial charge in [-0.3, -0.25) is 9.48 Å². The molecule has 2 aromatic heterocycles. The summed E-state index contributed by atoms with van der Waals surface area (Å²) in [4.78, 5) is 16.8. The second kappa shape index (κ2) is 8.60. The molecule has 0 spiro atoms. The van der Waals surface area contributed by atoms with Gasteiger partial charge >= 0.3 is 6.18 Å². The number of nitrogens with one attached hydrogen (secondary N) is 2. The SMILES string of the molecule is Cc1ccc2nc(C(F)(F)F)cc(N[C@H]3CCC[C@@H](NC(=O)c4cn(C)nc4C4CC4)C3)c2c1. The molecule has 0 saturated heterocycles. The first-order valence-corrected chi connectivity index (χ1v) is 11.8. The van der Waals surface area contributed by atoms with Crippen molar-refractivity contribution in [1.82, 2.24) is 20.1 Å². The molecule has 3 aromatic rings. The van der Waals surface area contributed by atoms with E-state index in [1.165, 1.54) is 0 Å². The van der Waals surface area contributed by atoms with Gasteiger partial charge in [0.2, 0.25) is 0 Å². The van der Waals surface area contributed by atoms with Crippen LogP contribution in [0.5, 0.6) is 0 Å². The van der Waals surface area contributed by atoms with Gasteiger partial charge < -0.3 is 10.6 Å². The van der Waals surface area contributed by atoms with Crippen molar-refractivity contribution in [3.8, 4) is 0 Å². The maximum Gasteiger partial charge on any atom is 0.433 e. The summed E-state index contributed by atoms with van der Waals surface area (Å²) >= 11 is 0. The third kappa shape index (κ3) is 4.74. The molecular weight excluding hydrogens is 443 g/mol. The summed E-state index contributed by atoms with van der Waals surface area (Å²) in [6.45, 7) is 1.90. The minimum atomic E-state index is -4.53. The lowest BCUT2D eigenvalue weighted by Crippen LogP contribution is -2.42. The van der Waals surface area contributed by atoms with Crippen molar-refractivity contribution in [3.63, 3.8) is 0 Å². The van der Waals surface area contributed by atoms with Crippen LogP contribution < -0.4 is 10.6 Å². The molecule has 9 heteroatoms. The van der Waals surface area contributed by atoms with E-state index < -0.39 is 11.9 Å². The van der Waals surface area contributed by atoms with Crippen LogP contribution in [0.25, 0.3) is 10.9 Å². The fraction of sp³-hybridized carbons (Fsp3) is 0.480. The van der Waals surface area contributed by atoms with Crippen LogP contribution in [0.2, 0.25) is 0 Å². The predicted octanol–water partition coefficient (Wildman–Crippen LogP) is 5.33. The minimum Gasteiger partial charge on any atom is -0.382 e. The number of amides is 1. The Kier molecular flexibility index (Phi) is 5.73. The van der Waals surface area contributed by atoms with Gasteiger partial charge in [0.1, 0.15) is 5.69 Å². The Morgan fingerprint density at radius 3 is 2.62 bits per heavy atom. The second-order valence-corrected chi connectivity index (χ2v) is 9.63. The third-order valence-electron chi connectivity index (χ3n) is 6.69. The molecule has 0 aliphatic heterocycles. The van der Waals surface area contributed by atoms with Gasteiger partial charge in [-0.05, 0) is 63.6 Å². The number of aryl methyl sites for hydroxylation is 2. The second-order valence-electron chi connectivity index (χ2n) is 9.63. The van der Waals surface area contributed by atoms with Gasteiger partial charge in [-0.2, -0.15) is 18.3 Å². The van der Waals surface area contributed by atoms with E-state index in [9.17, 15) is 18.0 Å². The van der Waals surface area contributed by atoms with E-state index in [4.69, 9.17) is 0 Å². The molecule has 2 saturated carbocycles. The first-order valence-electron chi connectivity index (χ1n) is 11.8. The van der Waals surface area contributed by atoms with E-state index in [0.717, 1.165) is 49.4 Å². The highest BCUT2D eigenvalue weighted by Gasteiger charge is 2.35. The summed E-state index contributed by atoms with van der Waals surface area (Å²) in [6, 6.07) is 6.24. The van der Waals surface area contributed by atoms with E-state index >= 15 is 0 Å². The van der Waals surface area contributed by atoms with Crippen molar-refractivity contribution in [2.45, 2.75) is 69.6 Å². The first kappa shape index (κ1) is 22.7. The number of rotatable bonds is 5. The Morgan fingerprint density at radius 2 is 1.88 bits per heavy atom. The van der Waals surface area contributed by atoms with Crippen LogP contribution in [0, 0.1) is 6.92 Å². The van der Waals surface area contributed by atoms with E-state index in [1.54, 1.807) is 23.0 Å². The molecule has 0 radical (unpaired) electrons. The number of benzene rings is 1. The highest BCUT2D eigenvalue weighted by atomic mass is 19.4. The summed E-state index contributed by atoms with van der Waals surface area (Å²) in [7, 11) is 1.82. The van der Waals surface area contributed by atoms with Crippen molar-refractivity contribution >= 4 is 22.5 Å². The molecule has 1 aromatic carbocycles. The highest BCUT2D eigenvalue weighted by Crippen LogP contribution is 2.41. The number of nitrogens with zero attached hydrogens (tertiary/aromatic N) is 3. The molecule has 5 rings (SSSR count). The van der Waals surface area contributed by atoms with Gasteiger partial charge in [0.25, 0.3) is 5.91 Å². The van der Waals surface area contributed by atoms with Gasteiger partial charge in [-0.25, -0.2) is 4.98 Å². The highest BCUT2D eigenvalue weighted by molar-refractivity contribution is 5.95. The molecule has 0 unspecified atom stereocenters. The topological polar surface area (TPSA) is 71.8 Å². The van der Waals surface area contributed by atoms with Crippen molar-refractivity contribution in [3.05, 3.63) is 53.0 Å². The van der Waals surface area contributed by atoms with Gasteiger partial charge in [-0.1, -0.05) is 11.6 Å². The average Bonchev–Trinajstić information content (AvgIpc) is 3.54.